The van der Waals surface area contributed by atoms with Crippen LogP contribution in [0.4, 0.5) is 16.3 Å². The third-order valence-electron chi connectivity index (χ3n) is 4.72. The standard InChI is InChI=1S/C21H27N5O3/c1-4-29-21(28)26-10-8-16(9-11-26)25-20(27)18-13-19(23-15(3)22-18)24-17-7-5-6-14(2)12-17/h5-7,12-13,16H,4,8-11H2,1-3H3,(H,25,27)(H,22,23,24). The van der Waals surface area contributed by atoms with Gasteiger partial charge in [0.2, 0.25) is 0 Å². The van der Waals surface area contributed by atoms with E-state index in [1.54, 1.807) is 24.8 Å². The average molecular weight is 397 g/mol. The van der Waals surface area contributed by atoms with Crippen LogP contribution in [0.25, 0.3) is 0 Å². The highest BCUT2D eigenvalue weighted by atomic mass is 16.6. The van der Waals surface area contributed by atoms with Crippen LogP contribution >= 0.6 is 0 Å². The number of hydrogen-bond acceptors (Lipinski definition) is 6. The number of aromatic nitrogens is 2. The number of nitrogens with one attached hydrogen (secondary N) is 2. The molecule has 1 aromatic heterocycles. The Morgan fingerprint density at radius 2 is 1.93 bits per heavy atom. The molecule has 2 aromatic rings. The van der Waals surface area contributed by atoms with Gasteiger partial charge in [0, 0.05) is 30.9 Å². The van der Waals surface area contributed by atoms with Crippen molar-refractivity contribution >= 4 is 23.5 Å². The number of anilines is 2. The third-order valence-corrected chi connectivity index (χ3v) is 4.72. The second-order valence-electron chi connectivity index (χ2n) is 7.11. The van der Waals surface area contributed by atoms with E-state index in [2.05, 4.69) is 20.6 Å². The highest BCUT2D eigenvalue weighted by Gasteiger charge is 2.25. The molecule has 1 aliphatic rings. The van der Waals surface area contributed by atoms with Gasteiger partial charge < -0.3 is 20.3 Å². The van der Waals surface area contributed by atoms with E-state index in [0.29, 0.717) is 49.9 Å². The number of aryl methyl sites for hydroxylation is 2. The number of rotatable bonds is 5. The van der Waals surface area contributed by atoms with E-state index in [9.17, 15) is 9.59 Å². The third kappa shape index (κ3) is 5.66. The van der Waals surface area contributed by atoms with Gasteiger partial charge in [-0.1, -0.05) is 12.1 Å². The number of piperidine rings is 1. The van der Waals surface area contributed by atoms with Crippen molar-refractivity contribution in [2.24, 2.45) is 0 Å². The van der Waals surface area contributed by atoms with Crippen LogP contribution in [-0.2, 0) is 4.74 Å². The first-order valence-electron chi connectivity index (χ1n) is 9.86. The number of ether oxygens (including phenoxy) is 1. The Morgan fingerprint density at radius 1 is 1.17 bits per heavy atom. The lowest BCUT2D eigenvalue weighted by molar-refractivity contribution is 0.0856. The summed E-state index contributed by atoms with van der Waals surface area (Å²) < 4.78 is 5.03. The summed E-state index contributed by atoms with van der Waals surface area (Å²) in [5, 5.41) is 6.24. The predicted molar refractivity (Wildman–Crippen MR) is 110 cm³/mol. The fraction of sp³-hybridized carbons (Fsp3) is 0.429. The maximum absolute atomic E-state index is 12.7. The molecule has 2 amide bonds. The number of carbonyl (C=O) groups is 2. The molecule has 2 N–H and O–H groups in total. The first-order valence-corrected chi connectivity index (χ1v) is 9.86. The van der Waals surface area contributed by atoms with E-state index < -0.39 is 0 Å². The Kier molecular flexibility index (Phi) is 6.64. The van der Waals surface area contributed by atoms with E-state index >= 15 is 0 Å². The molecule has 1 aromatic carbocycles. The smallest absolute Gasteiger partial charge is 0.409 e. The normalized spacial score (nSPS) is 14.4. The molecule has 1 aliphatic heterocycles. The average Bonchev–Trinajstić information content (AvgIpc) is 2.68. The SMILES string of the molecule is CCOC(=O)N1CCC(NC(=O)c2cc(Nc3cccc(C)c3)nc(C)n2)CC1. The Bertz CT molecular complexity index is 878. The fourth-order valence-electron chi connectivity index (χ4n) is 3.30. The van der Waals surface area contributed by atoms with Crippen LogP contribution < -0.4 is 10.6 Å². The van der Waals surface area contributed by atoms with Gasteiger partial charge >= 0.3 is 6.09 Å². The molecule has 2 heterocycles. The van der Waals surface area contributed by atoms with Gasteiger partial charge in [-0.25, -0.2) is 14.8 Å². The monoisotopic (exact) mass is 397 g/mol. The van der Waals surface area contributed by atoms with Crippen LogP contribution in [0.15, 0.2) is 30.3 Å². The zero-order valence-corrected chi connectivity index (χ0v) is 17.1. The Hall–Kier alpha value is -3.16. The number of nitrogens with zero attached hydrogens (tertiary/aromatic N) is 3. The first kappa shape index (κ1) is 20.6. The summed E-state index contributed by atoms with van der Waals surface area (Å²) in [4.78, 5) is 34.8. The van der Waals surface area contributed by atoms with E-state index in [1.807, 2.05) is 31.2 Å². The summed E-state index contributed by atoms with van der Waals surface area (Å²) in [6, 6.07) is 9.58. The lowest BCUT2D eigenvalue weighted by Crippen LogP contribution is -2.46. The quantitative estimate of drug-likeness (QED) is 0.804. The first-order chi connectivity index (χ1) is 13.9. The number of benzene rings is 1. The van der Waals surface area contributed by atoms with Gasteiger partial charge in [0.05, 0.1) is 6.61 Å². The molecule has 8 nitrogen and oxygen atoms in total. The fourth-order valence-corrected chi connectivity index (χ4v) is 3.30. The summed E-state index contributed by atoms with van der Waals surface area (Å²) >= 11 is 0. The molecule has 0 bridgehead atoms. The number of hydrogen-bond donors (Lipinski definition) is 2. The highest BCUT2D eigenvalue weighted by molar-refractivity contribution is 5.93. The van der Waals surface area contributed by atoms with Crippen molar-refractivity contribution in [2.45, 2.75) is 39.7 Å². The van der Waals surface area contributed by atoms with Crippen LogP contribution in [0.2, 0.25) is 0 Å². The molecule has 0 saturated carbocycles. The van der Waals surface area contributed by atoms with Crippen molar-refractivity contribution in [3.05, 3.63) is 47.4 Å². The predicted octanol–water partition coefficient (Wildman–Crippen LogP) is 3.19. The molecule has 3 rings (SSSR count). The zero-order valence-electron chi connectivity index (χ0n) is 17.1. The Morgan fingerprint density at radius 3 is 2.62 bits per heavy atom. The van der Waals surface area contributed by atoms with E-state index in [4.69, 9.17) is 4.74 Å². The van der Waals surface area contributed by atoms with Crippen LogP contribution in [-0.4, -0.2) is 52.6 Å². The molecule has 29 heavy (non-hydrogen) atoms. The lowest BCUT2D eigenvalue weighted by Gasteiger charge is -2.31. The van der Waals surface area contributed by atoms with Gasteiger partial charge in [0.15, 0.2) is 0 Å². The topological polar surface area (TPSA) is 96.5 Å². The molecule has 154 valence electrons. The molecule has 0 atom stereocenters. The van der Waals surface area contributed by atoms with E-state index in [1.165, 1.54) is 0 Å². The number of carbonyl (C=O) groups excluding carboxylic acids is 2. The molecular weight excluding hydrogens is 370 g/mol. The molecule has 8 heteroatoms. The molecule has 0 spiro atoms. The molecule has 0 radical (unpaired) electrons. The van der Waals surface area contributed by atoms with Crippen LogP contribution in [0.3, 0.4) is 0 Å². The molecule has 1 fully saturated rings. The van der Waals surface area contributed by atoms with Gasteiger partial charge in [-0.15, -0.1) is 0 Å². The van der Waals surface area contributed by atoms with Crippen molar-refractivity contribution in [1.82, 2.24) is 20.2 Å². The molecular formula is C21H27N5O3. The second kappa shape index (κ2) is 9.36. The van der Waals surface area contributed by atoms with E-state index in [-0.39, 0.29) is 18.0 Å². The van der Waals surface area contributed by atoms with Gasteiger partial charge in [0.1, 0.15) is 17.3 Å². The van der Waals surface area contributed by atoms with Gasteiger partial charge in [-0.3, -0.25) is 4.79 Å². The maximum Gasteiger partial charge on any atom is 0.409 e. The maximum atomic E-state index is 12.7. The number of likely N-dealkylation sites (tertiary alicyclic amines) is 1. The highest BCUT2D eigenvalue weighted by Crippen LogP contribution is 2.17. The van der Waals surface area contributed by atoms with Crippen molar-refractivity contribution in [3.8, 4) is 0 Å². The summed E-state index contributed by atoms with van der Waals surface area (Å²) in [7, 11) is 0. The van der Waals surface area contributed by atoms with Crippen LogP contribution in [0.1, 0.15) is 41.6 Å². The van der Waals surface area contributed by atoms with Crippen LogP contribution in [0, 0.1) is 13.8 Å². The summed E-state index contributed by atoms with van der Waals surface area (Å²) in [6.07, 6.45) is 1.07. The van der Waals surface area contributed by atoms with Gasteiger partial charge in [-0.05, 0) is 51.3 Å². The second-order valence-corrected chi connectivity index (χ2v) is 7.11. The van der Waals surface area contributed by atoms with Gasteiger partial charge in [-0.2, -0.15) is 0 Å². The Balaban J connectivity index is 1.61. The Labute approximate surface area is 170 Å². The summed E-state index contributed by atoms with van der Waals surface area (Å²) in [6.45, 7) is 7.05. The van der Waals surface area contributed by atoms with Crippen molar-refractivity contribution in [2.75, 3.05) is 25.0 Å². The van der Waals surface area contributed by atoms with Crippen molar-refractivity contribution in [1.29, 1.82) is 0 Å². The van der Waals surface area contributed by atoms with Crippen LogP contribution in [0.5, 0.6) is 0 Å². The van der Waals surface area contributed by atoms with E-state index in [0.717, 1.165) is 11.3 Å². The zero-order chi connectivity index (χ0) is 20.8. The summed E-state index contributed by atoms with van der Waals surface area (Å²) in [5.74, 6) is 0.854. The van der Waals surface area contributed by atoms with Crippen molar-refractivity contribution < 1.29 is 14.3 Å². The lowest BCUT2D eigenvalue weighted by atomic mass is 10.1. The molecule has 1 saturated heterocycles. The minimum Gasteiger partial charge on any atom is -0.450 e. The largest absolute Gasteiger partial charge is 0.450 e. The minimum atomic E-state index is -0.296. The number of amides is 2. The minimum absolute atomic E-state index is 0.00312. The van der Waals surface area contributed by atoms with Gasteiger partial charge in [0.25, 0.3) is 5.91 Å². The molecule has 0 unspecified atom stereocenters. The summed E-state index contributed by atoms with van der Waals surface area (Å²) in [5.41, 5.74) is 2.36. The van der Waals surface area contributed by atoms with Crippen molar-refractivity contribution in [3.63, 3.8) is 0 Å². The molecule has 0 aliphatic carbocycles.